The molecule has 0 aromatic heterocycles. The Hall–Kier alpha value is -0.400. The van der Waals surface area contributed by atoms with Gasteiger partial charge >= 0.3 is 0 Å². The summed E-state index contributed by atoms with van der Waals surface area (Å²) in [5.41, 5.74) is -0.0773. The quantitative estimate of drug-likeness (QED) is 0.590. The van der Waals surface area contributed by atoms with Crippen LogP contribution in [0.3, 0.4) is 0 Å². The zero-order valence-corrected chi connectivity index (χ0v) is 6.32. The summed E-state index contributed by atoms with van der Waals surface area (Å²) in [6.45, 7) is 1.33. The van der Waals surface area contributed by atoms with Crippen LogP contribution in [0.2, 0.25) is 0 Å². The fraction of sp³-hybridized carbons (Fsp3) is 0.875. The molecule has 2 heteroatoms. The molecule has 0 bridgehead atoms. The van der Waals surface area contributed by atoms with E-state index in [2.05, 4.69) is 0 Å². The molecule has 0 radical (unpaired) electrons. The SMILES string of the molecule is CC(=O)C1(CCCF)CC1. The molecular weight excluding hydrogens is 131 g/mol. The molecule has 1 aliphatic rings. The van der Waals surface area contributed by atoms with Crippen LogP contribution in [0.25, 0.3) is 0 Å². The Bertz CT molecular complexity index is 138. The highest BCUT2D eigenvalue weighted by Gasteiger charge is 2.46. The second-order valence-corrected chi connectivity index (χ2v) is 3.13. The van der Waals surface area contributed by atoms with Crippen molar-refractivity contribution < 1.29 is 9.18 Å². The number of rotatable bonds is 4. The van der Waals surface area contributed by atoms with Gasteiger partial charge in [-0.15, -0.1) is 0 Å². The molecule has 0 heterocycles. The van der Waals surface area contributed by atoms with Crippen LogP contribution in [-0.4, -0.2) is 12.5 Å². The van der Waals surface area contributed by atoms with Gasteiger partial charge in [-0.2, -0.15) is 0 Å². The number of Topliss-reactive ketones (excluding diaryl/α,β-unsaturated/α-hetero) is 1. The van der Waals surface area contributed by atoms with Gasteiger partial charge in [-0.3, -0.25) is 9.18 Å². The van der Waals surface area contributed by atoms with Crippen molar-refractivity contribution in [3.63, 3.8) is 0 Å². The number of ketones is 1. The monoisotopic (exact) mass is 144 g/mol. The normalized spacial score (nSPS) is 20.6. The van der Waals surface area contributed by atoms with Crippen molar-refractivity contribution in [3.05, 3.63) is 0 Å². The first-order valence-electron chi connectivity index (χ1n) is 3.78. The summed E-state index contributed by atoms with van der Waals surface area (Å²) in [6, 6.07) is 0. The van der Waals surface area contributed by atoms with Gasteiger partial charge in [0, 0.05) is 5.41 Å². The highest BCUT2D eigenvalue weighted by atomic mass is 19.1. The summed E-state index contributed by atoms with van der Waals surface area (Å²) in [4.78, 5) is 10.9. The van der Waals surface area contributed by atoms with Gasteiger partial charge < -0.3 is 0 Å². The zero-order chi connectivity index (χ0) is 7.61. The van der Waals surface area contributed by atoms with Crippen LogP contribution < -0.4 is 0 Å². The number of carbonyl (C=O) groups is 1. The van der Waals surface area contributed by atoms with Crippen molar-refractivity contribution in [1.82, 2.24) is 0 Å². The summed E-state index contributed by atoms with van der Waals surface area (Å²) in [5, 5.41) is 0. The average Bonchev–Trinajstić information content (AvgIpc) is 2.64. The summed E-state index contributed by atoms with van der Waals surface area (Å²) in [6.07, 6.45) is 3.29. The Morgan fingerprint density at radius 1 is 1.60 bits per heavy atom. The molecule has 0 N–H and O–H groups in total. The van der Waals surface area contributed by atoms with E-state index in [1.165, 1.54) is 0 Å². The van der Waals surface area contributed by atoms with E-state index >= 15 is 0 Å². The molecule has 1 aliphatic carbocycles. The Morgan fingerprint density at radius 3 is 2.50 bits per heavy atom. The highest BCUT2D eigenvalue weighted by Crippen LogP contribution is 2.50. The highest BCUT2D eigenvalue weighted by molar-refractivity contribution is 5.84. The lowest BCUT2D eigenvalue weighted by atomic mass is 9.96. The molecule has 1 saturated carbocycles. The molecule has 0 aromatic carbocycles. The molecule has 1 rings (SSSR count). The molecule has 0 amide bonds. The lowest BCUT2D eigenvalue weighted by molar-refractivity contribution is -0.122. The average molecular weight is 144 g/mol. The molecule has 10 heavy (non-hydrogen) atoms. The fourth-order valence-electron chi connectivity index (χ4n) is 1.33. The van der Waals surface area contributed by atoms with E-state index in [1.54, 1.807) is 6.92 Å². The third-order valence-electron chi connectivity index (χ3n) is 2.39. The van der Waals surface area contributed by atoms with Crippen molar-refractivity contribution in [2.45, 2.75) is 32.6 Å². The minimum Gasteiger partial charge on any atom is -0.299 e. The predicted molar refractivity (Wildman–Crippen MR) is 37.6 cm³/mol. The van der Waals surface area contributed by atoms with Crippen LogP contribution in [0.15, 0.2) is 0 Å². The van der Waals surface area contributed by atoms with Gasteiger partial charge in [-0.25, -0.2) is 0 Å². The maximum absolute atomic E-state index is 11.7. The minimum absolute atomic E-state index is 0.0773. The Labute approximate surface area is 60.6 Å². The maximum atomic E-state index is 11.7. The van der Waals surface area contributed by atoms with E-state index in [0.717, 1.165) is 19.3 Å². The van der Waals surface area contributed by atoms with Crippen LogP contribution >= 0.6 is 0 Å². The van der Waals surface area contributed by atoms with Gasteiger partial charge in [-0.1, -0.05) is 0 Å². The smallest absolute Gasteiger partial charge is 0.135 e. The second kappa shape index (κ2) is 2.69. The largest absolute Gasteiger partial charge is 0.299 e. The maximum Gasteiger partial charge on any atom is 0.135 e. The van der Waals surface area contributed by atoms with Crippen molar-refractivity contribution in [2.24, 2.45) is 5.41 Å². The number of halogens is 1. The van der Waals surface area contributed by atoms with E-state index in [4.69, 9.17) is 0 Å². The Kier molecular flexibility index (Phi) is 2.07. The van der Waals surface area contributed by atoms with Crippen LogP contribution in [0, 0.1) is 5.41 Å². The fourth-order valence-corrected chi connectivity index (χ4v) is 1.33. The van der Waals surface area contributed by atoms with Crippen LogP contribution in [0.5, 0.6) is 0 Å². The first kappa shape index (κ1) is 7.70. The Morgan fingerprint density at radius 2 is 2.20 bits per heavy atom. The van der Waals surface area contributed by atoms with Gasteiger partial charge in [-0.05, 0) is 32.6 Å². The van der Waals surface area contributed by atoms with E-state index in [1.807, 2.05) is 0 Å². The van der Waals surface area contributed by atoms with E-state index in [0.29, 0.717) is 6.42 Å². The predicted octanol–water partition coefficient (Wildman–Crippen LogP) is 2.11. The van der Waals surface area contributed by atoms with E-state index in [9.17, 15) is 9.18 Å². The molecule has 0 aliphatic heterocycles. The molecular formula is C8H13FO. The van der Waals surface area contributed by atoms with Crippen LogP contribution in [-0.2, 0) is 4.79 Å². The number of hydrogen-bond donors (Lipinski definition) is 0. The third kappa shape index (κ3) is 1.36. The van der Waals surface area contributed by atoms with E-state index in [-0.39, 0.29) is 17.9 Å². The summed E-state index contributed by atoms with van der Waals surface area (Å²) >= 11 is 0. The van der Waals surface area contributed by atoms with Gasteiger partial charge in [0.15, 0.2) is 0 Å². The van der Waals surface area contributed by atoms with Gasteiger partial charge in [0.1, 0.15) is 5.78 Å². The van der Waals surface area contributed by atoms with Gasteiger partial charge in [0.25, 0.3) is 0 Å². The standard InChI is InChI=1S/C8H13FO/c1-7(10)8(4-5-8)3-2-6-9/h2-6H2,1H3. The number of alkyl halides is 1. The summed E-state index contributed by atoms with van der Waals surface area (Å²) < 4.78 is 11.7. The summed E-state index contributed by atoms with van der Waals surface area (Å²) in [7, 11) is 0. The molecule has 0 unspecified atom stereocenters. The first-order chi connectivity index (χ1) is 4.71. The zero-order valence-electron chi connectivity index (χ0n) is 6.32. The summed E-state index contributed by atoms with van der Waals surface area (Å²) in [5.74, 6) is 0.251. The number of hydrogen-bond acceptors (Lipinski definition) is 1. The molecule has 1 nitrogen and oxygen atoms in total. The van der Waals surface area contributed by atoms with Crippen molar-refractivity contribution in [3.8, 4) is 0 Å². The molecule has 0 aromatic rings. The molecule has 0 atom stereocenters. The Balaban J connectivity index is 2.31. The van der Waals surface area contributed by atoms with E-state index < -0.39 is 0 Å². The van der Waals surface area contributed by atoms with Gasteiger partial charge in [0.05, 0.1) is 6.67 Å². The molecule has 1 fully saturated rings. The van der Waals surface area contributed by atoms with Crippen LogP contribution in [0.1, 0.15) is 32.6 Å². The van der Waals surface area contributed by atoms with Crippen molar-refractivity contribution in [1.29, 1.82) is 0 Å². The lowest BCUT2D eigenvalue weighted by Crippen LogP contribution is -2.11. The lowest BCUT2D eigenvalue weighted by Gasteiger charge is -2.07. The molecule has 58 valence electrons. The second-order valence-electron chi connectivity index (χ2n) is 3.13. The third-order valence-corrected chi connectivity index (χ3v) is 2.39. The number of carbonyl (C=O) groups excluding carboxylic acids is 1. The topological polar surface area (TPSA) is 17.1 Å². The first-order valence-corrected chi connectivity index (χ1v) is 3.78. The van der Waals surface area contributed by atoms with Crippen LogP contribution in [0.4, 0.5) is 4.39 Å². The van der Waals surface area contributed by atoms with Crippen molar-refractivity contribution >= 4 is 5.78 Å². The molecule has 0 spiro atoms. The van der Waals surface area contributed by atoms with Gasteiger partial charge in [0.2, 0.25) is 0 Å². The molecule has 0 saturated heterocycles. The minimum atomic E-state index is -0.283. The van der Waals surface area contributed by atoms with Crippen molar-refractivity contribution in [2.75, 3.05) is 6.67 Å².